The van der Waals surface area contributed by atoms with Gasteiger partial charge in [0.25, 0.3) is 0 Å². The molecule has 0 fully saturated rings. The number of hydrogen-bond donors (Lipinski definition) is 0. The van der Waals surface area contributed by atoms with Gasteiger partial charge in [-0.05, 0) is 13.3 Å². The van der Waals surface area contributed by atoms with Crippen LogP contribution < -0.4 is 0 Å². The summed E-state index contributed by atoms with van der Waals surface area (Å²) in [6.45, 7) is 4.69. The van der Waals surface area contributed by atoms with Gasteiger partial charge in [-0.3, -0.25) is 0 Å². The predicted octanol–water partition coefficient (Wildman–Crippen LogP) is 2.54. The normalized spacial score (nSPS) is 10.6. The maximum atomic E-state index is 9.05. The first-order valence-corrected chi connectivity index (χ1v) is 5.54. The number of halogens is 1. The second-order valence-corrected chi connectivity index (χ2v) is 3.79. The van der Waals surface area contributed by atoms with Gasteiger partial charge in [0.2, 0.25) is 0 Å². The van der Waals surface area contributed by atoms with Crippen LogP contribution in [-0.4, -0.2) is 14.8 Å². The average molecular weight is 235 g/mol. The van der Waals surface area contributed by atoms with E-state index in [9.17, 15) is 0 Å². The van der Waals surface area contributed by atoms with E-state index in [1.807, 2.05) is 13.8 Å². The van der Waals surface area contributed by atoms with Gasteiger partial charge in [-0.25, -0.2) is 9.67 Å². The van der Waals surface area contributed by atoms with E-state index in [-0.39, 0.29) is 0 Å². The standard InChI is InChI=1S/C11H11ClN4/c1-3-9-7(5-13)10(12)8-6-14-16(4-2)11(8)15-9/h6H,3-4H2,1-2H3. The Kier molecular flexibility index (Phi) is 2.80. The Balaban J connectivity index is 2.85. The Hall–Kier alpha value is -1.60. The molecule has 0 aliphatic heterocycles. The zero-order valence-corrected chi connectivity index (χ0v) is 9.91. The lowest BCUT2D eigenvalue weighted by Crippen LogP contribution is -2.01. The molecule has 2 aromatic rings. The highest BCUT2D eigenvalue weighted by Crippen LogP contribution is 2.27. The zero-order valence-electron chi connectivity index (χ0n) is 9.16. The van der Waals surface area contributed by atoms with Crippen molar-refractivity contribution in [1.29, 1.82) is 5.26 Å². The van der Waals surface area contributed by atoms with Gasteiger partial charge in [0, 0.05) is 6.54 Å². The van der Waals surface area contributed by atoms with Gasteiger partial charge < -0.3 is 0 Å². The van der Waals surface area contributed by atoms with Crippen molar-refractivity contribution >= 4 is 22.6 Å². The van der Waals surface area contributed by atoms with Gasteiger partial charge in [-0.2, -0.15) is 10.4 Å². The van der Waals surface area contributed by atoms with Gasteiger partial charge in [-0.1, -0.05) is 18.5 Å². The maximum absolute atomic E-state index is 9.05. The number of hydrogen-bond acceptors (Lipinski definition) is 3. The van der Waals surface area contributed by atoms with Crippen LogP contribution in [0, 0.1) is 11.3 Å². The fourth-order valence-corrected chi connectivity index (χ4v) is 1.98. The third-order valence-corrected chi connectivity index (χ3v) is 2.94. The summed E-state index contributed by atoms with van der Waals surface area (Å²) in [5.41, 5.74) is 1.95. The lowest BCUT2D eigenvalue weighted by molar-refractivity contribution is 0.675. The summed E-state index contributed by atoms with van der Waals surface area (Å²) in [5, 5.41) is 14.4. The number of fused-ring (bicyclic) bond motifs is 1. The molecule has 0 atom stereocenters. The molecule has 0 aliphatic carbocycles. The number of nitrogens with zero attached hydrogens (tertiary/aromatic N) is 4. The van der Waals surface area contributed by atoms with Crippen LogP contribution in [0.4, 0.5) is 0 Å². The first-order valence-electron chi connectivity index (χ1n) is 5.16. The Bertz CT molecular complexity index is 580. The summed E-state index contributed by atoms with van der Waals surface area (Å²) in [6, 6.07) is 2.10. The third kappa shape index (κ3) is 1.44. The SMILES string of the molecule is CCc1nc2c(cnn2CC)c(Cl)c1C#N. The molecule has 0 radical (unpaired) electrons. The molecule has 0 aromatic carbocycles. The lowest BCUT2D eigenvalue weighted by atomic mass is 10.1. The van der Waals surface area contributed by atoms with Crippen LogP contribution in [0.1, 0.15) is 25.1 Å². The first-order chi connectivity index (χ1) is 7.72. The van der Waals surface area contributed by atoms with Crippen molar-refractivity contribution in [2.45, 2.75) is 26.8 Å². The minimum Gasteiger partial charge on any atom is -0.248 e. The molecule has 0 bridgehead atoms. The quantitative estimate of drug-likeness (QED) is 0.802. The smallest absolute Gasteiger partial charge is 0.159 e. The molecule has 0 aliphatic rings. The van der Waals surface area contributed by atoms with Gasteiger partial charge in [0.15, 0.2) is 5.65 Å². The van der Waals surface area contributed by atoms with E-state index in [2.05, 4.69) is 16.2 Å². The molecule has 0 amide bonds. The summed E-state index contributed by atoms with van der Waals surface area (Å²) in [4.78, 5) is 4.45. The molecule has 0 unspecified atom stereocenters. The van der Waals surface area contributed by atoms with Gasteiger partial charge >= 0.3 is 0 Å². The third-order valence-electron chi connectivity index (χ3n) is 2.54. The van der Waals surface area contributed by atoms with Crippen molar-refractivity contribution in [2.24, 2.45) is 0 Å². The summed E-state index contributed by atoms with van der Waals surface area (Å²) in [5.74, 6) is 0. The lowest BCUT2D eigenvalue weighted by Gasteiger charge is -2.04. The van der Waals surface area contributed by atoms with Gasteiger partial charge in [0.1, 0.15) is 6.07 Å². The highest BCUT2D eigenvalue weighted by Gasteiger charge is 2.15. The molecule has 2 heterocycles. The van der Waals surface area contributed by atoms with Crippen LogP contribution in [-0.2, 0) is 13.0 Å². The Morgan fingerprint density at radius 2 is 2.25 bits per heavy atom. The molecule has 4 nitrogen and oxygen atoms in total. The monoisotopic (exact) mass is 234 g/mol. The first kappa shape index (κ1) is 10.9. The molecule has 0 saturated carbocycles. The van der Waals surface area contributed by atoms with E-state index < -0.39 is 0 Å². The van der Waals surface area contributed by atoms with E-state index in [0.29, 0.717) is 17.0 Å². The number of pyridine rings is 1. The molecule has 16 heavy (non-hydrogen) atoms. The number of aromatic nitrogens is 3. The van der Waals surface area contributed by atoms with E-state index in [1.54, 1.807) is 10.9 Å². The highest BCUT2D eigenvalue weighted by molar-refractivity contribution is 6.36. The maximum Gasteiger partial charge on any atom is 0.159 e. The molecule has 5 heteroatoms. The van der Waals surface area contributed by atoms with Crippen LogP contribution in [0.25, 0.3) is 11.0 Å². The topological polar surface area (TPSA) is 54.5 Å². The number of nitriles is 1. The van der Waals surface area contributed by atoms with Gasteiger partial charge in [0.05, 0.1) is 27.9 Å². The Morgan fingerprint density at radius 3 is 2.81 bits per heavy atom. The number of aryl methyl sites for hydroxylation is 2. The summed E-state index contributed by atoms with van der Waals surface area (Å²) in [6.07, 6.45) is 2.35. The van der Waals surface area contributed by atoms with Crippen LogP contribution in [0.3, 0.4) is 0 Å². The van der Waals surface area contributed by atoms with E-state index in [1.165, 1.54) is 0 Å². The predicted molar refractivity (Wildman–Crippen MR) is 62.3 cm³/mol. The van der Waals surface area contributed by atoms with E-state index >= 15 is 0 Å². The zero-order chi connectivity index (χ0) is 11.7. The van der Waals surface area contributed by atoms with Crippen LogP contribution in [0.15, 0.2) is 6.20 Å². The van der Waals surface area contributed by atoms with E-state index in [4.69, 9.17) is 16.9 Å². The molecular weight excluding hydrogens is 224 g/mol. The average Bonchev–Trinajstić information content (AvgIpc) is 2.71. The Labute approximate surface area is 98.5 Å². The minimum absolute atomic E-state index is 0.462. The van der Waals surface area contributed by atoms with Crippen LogP contribution in [0.5, 0.6) is 0 Å². The Morgan fingerprint density at radius 1 is 1.50 bits per heavy atom. The second-order valence-electron chi connectivity index (χ2n) is 3.41. The fourth-order valence-electron chi connectivity index (χ4n) is 1.70. The van der Waals surface area contributed by atoms with Crippen molar-refractivity contribution in [2.75, 3.05) is 0 Å². The second kappa shape index (κ2) is 4.11. The van der Waals surface area contributed by atoms with Crippen molar-refractivity contribution in [3.05, 3.63) is 22.5 Å². The largest absolute Gasteiger partial charge is 0.248 e. The van der Waals surface area contributed by atoms with Gasteiger partial charge in [-0.15, -0.1) is 0 Å². The molecule has 2 aromatic heterocycles. The number of rotatable bonds is 2. The fraction of sp³-hybridized carbons (Fsp3) is 0.364. The molecule has 0 spiro atoms. The molecule has 0 saturated heterocycles. The van der Waals surface area contributed by atoms with Crippen LogP contribution >= 0.6 is 11.6 Å². The van der Waals surface area contributed by atoms with Crippen molar-refractivity contribution in [3.63, 3.8) is 0 Å². The van der Waals surface area contributed by atoms with Crippen LogP contribution in [0.2, 0.25) is 5.02 Å². The molecular formula is C11H11ClN4. The summed E-state index contributed by atoms with van der Waals surface area (Å²) < 4.78 is 1.78. The highest BCUT2D eigenvalue weighted by atomic mass is 35.5. The van der Waals surface area contributed by atoms with Crippen molar-refractivity contribution < 1.29 is 0 Å². The van der Waals surface area contributed by atoms with Crippen molar-refractivity contribution in [3.8, 4) is 6.07 Å². The summed E-state index contributed by atoms with van der Waals surface area (Å²) >= 11 is 6.18. The minimum atomic E-state index is 0.462. The molecule has 0 N–H and O–H groups in total. The van der Waals surface area contributed by atoms with E-state index in [0.717, 1.165) is 23.3 Å². The molecule has 2 rings (SSSR count). The molecule has 82 valence electrons. The van der Waals surface area contributed by atoms with Crippen molar-refractivity contribution in [1.82, 2.24) is 14.8 Å². The summed E-state index contributed by atoms with van der Waals surface area (Å²) in [7, 11) is 0.